The number of aryl methyl sites for hydroxylation is 3. The lowest BCUT2D eigenvalue weighted by Crippen LogP contribution is -2.54. The van der Waals surface area contributed by atoms with Gasteiger partial charge in [0.15, 0.2) is 5.65 Å². The van der Waals surface area contributed by atoms with Crippen LogP contribution >= 0.6 is 0 Å². The molecule has 2 unspecified atom stereocenters. The fourth-order valence-corrected chi connectivity index (χ4v) is 3.84. The Morgan fingerprint density at radius 1 is 1.12 bits per heavy atom. The van der Waals surface area contributed by atoms with Gasteiger partial charge in [0.2, 0.25) is 0 Å². The number of ether oxygens (including phenoxy) is 1. The fraction of sp³-hybridized carbons (Fsp3) is 0.667. The van der Waals surface area contributed by atoms with Gasteiger partial charge in [0.25, 0.3) is 0 Å². The SMILES string of the molecule is Cc1cc(NC2COCC2N2CCN(C)CC2)n2nc(C)c(C)c2n1. The van der Waals surface area contributed by atoms with E-state index in [1.807, 2.05) is 18.4 Å². The van der Waals surface area contributed by atoms with Crippen molar-refractivity contribution in [3.63, 3.8) is 0 Å². The van der Waals surface area contributed by atoms with E-state index in [0.29, 0.717) is 6.04 Å². The van der Waals surface area contributed by atoms with Crippen molar-refractivity contribution in [3.05, 3.63) is 23.0 Å². The Bertz CT molecular complexity index is 765. The minimum absolute atomic E-state index is 0.276. The summed E-state index contributed by atoms with van der Waals surface area (Å²) in [6, 6.07) is 2.77. The molecule has 25 heavy (non-hydrogen) atoms. The second-order valence-corrected chi connectivity index (χ2v) is 7.42. The lowest BCUT2D eigenvalue weighted by Gasteiger charge is -2.38. The first-order chi connectivity index (χ1) is 12.0. The zero-order chi connectivity index (χ0) is 17.6. The first-order valence-electron chi connectivity index (χ1n) is 9.13. The molecule has 7 heteroatoms. The summed E-state index contributed by atoms with van der Waals surface area (Å²) in [5.41, 5.74) is 4.12. The minimum atomic E-state index is 0.276. The van der Waals surface area contributed by atoms with E-state index in [0.717, 1.165) is 67.8 Å². The Hall–Kier alpha value is -1.70. The van der Waals surface area contributed by atoms with Gasteiger partial charge < -0.3 is 15.0 Å². The van der Waals surface area contributed by atoms with Gasteiger partial charge in [-0.15, -0.1) is 0 Å². The van der Waals surface area contributed by atoms with Gasteiger partial charge >= 0.3 is 0 Å². The van der Waals surface area contributed by atoms with E-state index in [2.05, 4.69) is 45.2 Å². The average molecular weight is 344 g/mol. The maximum atomic E-state index is 5.83. The molecule has 7 nitrogen and oxygen atoms in total. The van der Waals surface area contributed by atoms with Crippen LogP contribution in [0.25, 0.3) is 5.65 Å². The van der Waals surface area contributed by atoms with Crippen molar-refractivity contribution in [1.29, 1.82) is 0 Å². The molecule has 2 atom stereocenters. The molecule has 0 spiro atoms. The molecular weight excluding hydrogens is 316 g/mol. The number of rotatable bonds is 3. The molecule has 2 aromatic rings. The predicted octanol–water partition coefficient (Wildman–Crippen LogP) is 1.08. The number of anilines is 1. The van der Waals surface area contributed by atoms with Crippen molar-refractivity contribution in [2.24, 2.45) is 0 Å². The van der Waals surface area contributed by atoms with Crippen LogP contribution in [0.4, 0.5) is 5.82 Å². The third kappa shape index (κ3) is 3.12. The summed E-state index contributed by atoms with van der Waals surface area (Å²) in [7, 11) is 2.19. The fourth-order valence-electron chi connectivity index (χ4n) is 3.84. The molecule has 136 valence electrons. The van der Waals surface area contributed by atoms with Gasteiger partial charge in [0.05, 0.1) is 31.0 Å². The standard InChI is InChI=1S/C18H28N6O/c1-12-9-17(24-18(19-12)13(2)14(3)21-24)20-15-10-25-11-16(15)23-7-5-22(4)6-8-23/h9,15-16,20H,5-8,10-11H2,1-4H3. The number of piperazine rings is 1. The normalized spacial score (nSPS) is 25.8. The molecule has 2 fully saturated rings. The highest BCUT2D eigenvalue weighted by atomic mass is 16.5. The lowest BCUT2D eigenvalue weighted by molar-refractivity contribution is 0.0948. The topological polar surface area (TPSA) is 57.9 Å². The summed E-state index contributed by atoms with van der Waals surface area (Å²) in [4.78, 5) is 9.62. The number of nitrogens with one attached hydrogen (secondary N) is 1. The Morgan fingerprint density at radius 3 is 2.64 bits per heavy atom. The van der Waals surface area contributed by atoms with E-state index in [9.17, 15) is 0 Å². The van der Waals surface area contributed by atoms with Crippen LogP contribution in [0.1, 0.15) is 17.0 Å². The molecule has 0 amide bonds. The first-order valence-corrected chi connectivity index (χ1v) is 9.13. The number of nitrogens with zero attached hydrogens (tertiary/aromatic N) is 5. The van der Waals surface area contributed by atoms with Crippen LogP contribution in [0.15, 0.2) is 6.07 Å². The number of hydrogen-bond acceptors (Lipinski definition) is 6. The number of likely N-dealkylation sites (N-methyl/N-ethyl adjacent to an activating group) is 1. The molecule has 1 N–H and O–H groups in total. The highest BCUT2D eigenvalue weighted by molar-refractivity contribution is 5.56. The van der Waals surface area contributed by atoms with Crippen LogP contribution < -0.4 is 5.32 Å². The molecule has 0 aromatic carbocycles. The van der Waals surface area contributed by atoms with E-state index < -0.39 is 0 Å². The van der Waals surface area contributed by atoms with Gasteiger partial charge in [0, 0.05) is 43.5 Å². The van der Waals surface area contributed by atoms with Crippen LogP contribution in [0, 0.1) is 20.8 Å². The summed E-state index contributed by atoms with van der Waals surface area (Å²) in [6.07, 6.45) is 0. The van der Waals surface area contributed by atoms with Crippen LogP contribution in [0.2, 0.25) is 0 Å². The summed E-state index contributed by atoms with van der Waals surface area (Å²) in [5.74, 6) is 1.01. The smallest absolute Gasteiger partial charge is 0.160 e. The van der Waals surface area contributed by atoms with Crippen molar-refractivity contribution < 1.29 is 4.74 Å². The predicted molar refractivity (Wildman–Crippen MR) is 98.3 cm³/mol. The quantitative estimate of drug-likeness (QED) is 0.899. The molecule has 4 heterocycles. The highest BCUT2D eigenvalue weighted by Gasteiger charge is 2.34. The van der Waals surface area contributed by atoms with Crippen molar-refractivity contribution in [1.82, 2.24) is 24.4 Å². The molecule has 2 aliphatic rings. The Balaban J connectivity index is 1.59. The summed E-state index contributed by atoms with van der Waals surface area (Å²) >= 11 is 0. The summed E-state index contributed by atoms with van der Waals surface area (Å²) in [5, 5.41) is 8.38. The molecular formula is C18H28N6O. The van der Waals surface area contributed by atoms with Gasteiger partial charge in [-0.1, -0.05) is 0 Å². The number of fused-ring (bicyclic) bond motifs is 1. The van der Waals surface area contributed by atoms with Crippen molar-refractivity contribution in [2.45, 2.75) is 32.9 Å². The van der Waals surface area contributed by atoms with Gasteiger partial charge in [-0.3, -0.25) is 4.90 Å². The molecule has 0 aliphatic carbocycles. The second kappa shape index (κ2) is 6.55. The van der Waals surface area contributed by atoms with E-state index in [-0.39, 0.29) is 6.04 Å². The average Bonchev–Trinajstić information content (AvgIpc) is 3.15. The minimum Gasteiger partial charge on any atom is -0.378 e. The largest absolute Gasteiger partial charge is 0.378 e. The van der Waals surface area contributed by atoms with E-state index in [1.165, 1.54) is 0 Å². The summed E-state index contributed by atoms with van der Waals surface area (Å²) < 4.78 is 7.77. The molecule has 4 rings (SSSR count). The molecule has 2 aliphatic heterocycles. The third-order valence-electron chi connectivity index (χ3n) is 5.58. The zero-order valence-corrected chi connectivity index (χ0v) is 15.6. The Kier molecular flexibility index (Phi) is 4.39. The van der Waals surface area contributed by atoms with Crippen LogP contribution in [-0.2, 0) is 4.74 Å². The number of hydrogen-bond donors (Lipinski definition) is 1. The Morgan fingerprint density at radius 2 is 1.88 bits per heavy atom. The maximum Gasteiger partial charge on any atom is 0.160 e. The Labute approximate surface area is 149 Å². The van der Waals surface area contributed by atoms with E-state index >= 15 is 0 Å². The molecule has 2 saturated heterocycles. The zero-order valence-electron chi connectivity index (χ0n) is 15.6. The molecule has 0 bridgehead atoms. The maximum absolute atomic E-state index is 5.83. The van der Waals surface area contributed by atoms with Gasteiger partial charge in [-0.05, 0) is 27.8 Å². The summed E-state index contributed by atoms with van der Waals surface area (Å²) in [6.45, 7) is 12.1. The van der Waals surface area contributed by atoms with Crippen LogP contribution in [0.5, 0.6) is 0 Å². The van der Waals surface area contributed by atoms with E-state index in [4.69, 9.17) is 4.74 Å². The molecule has 0 radical (unpaired) electrons. The molecule has 2 aromatic heterocycles. The highest BCUT2D eigenvalue weighted by Crippen LogP contribution is 2.22. The van der Waals surface area contributed by atoms with Gasteiger partial charge in [0.1, 0.15) is 5.82 Å². The van der Waals surface area contributed by atoms with Crippen LogP contribution in [-0.4, -0.2) is 82.9 Å². The van der Waals surface area contributed by atoms with Crippen LogP contribution in [0.3, 0.4) is 0 Å². The van der Waals surface area contributed by atoms with Crippen molar-refractivity contribution in [2.75, 3.05) is 51.8 Å². The van der Waals surface area contributed by atoms with Gasteiger partial charge in [-0.2, -0.15) is 9.61 Å². The van der Waals surface area contributed by atoms with Gasteiger partial charge in [-0.25, -0.2) is 4.98 Å². The van der Waals surface area contributed by atoms with Crippen molar-refractivity contribution >= 4 is 11.5 Å². The van der Waals surface area contributed by atoms with Crippen molar-refractivity contribution in [3.8, 4) is 0 Å². The third-order valence-corrected chi connectivity index (χ3v) is 5.58. The monoisotopic (exact) mass is 344 g/mol. The van der Waals surface area contributed by atoms with E-state index in [1.54, 1.807) is 0 Å². The number of aromatic nitrogens is 3. The first kappa shape index (κ1) is 16.8. The molecule has 0 saturated carbocycles. The second-order valence-electron chi connectivity index (χ2n) is 7.42. The lowest BCUT2D eigenvalue weighted by atomic mass is 10.1.